The van der Waals surface area contributed by atoms with Gasteiger partial charge in [0.25, 0.3) is 0 Å². The normalized spacial score (nSPS) is 27.0. The number of hydrogen-bond donors (Lipinski definition) is 1. The first-order valence-corrected chi connectivity index (χ1v) is 10.7. The Morgan fingerprint density at radius 3 is 2.38 bits per heavy atom. The number of imide groups is 1. The van der Waals surface area contributed by atoms with Crippen LogP contribution in [0.2, 0.25) is 0 Å². The van der Waals surface area contributed by atoms with Crippen LogP contribution in [-0.4, -0.2) is 29.9 Å². The minimum Gasteiger partial charge on any atom is -0.465 e. The van der Waals surface area contributed by atoms with E-state index in [4.69, 9.17) is 4.74 Å². The quantitative estimate of drug-likeness (QED) is 0.547. The summed E-state index contributed by atoms with van der Waals surface area (Å²) in [4.78, 5) is 41.3. The van der Waals surface area contributed by atoms with E-state index in [0.717, 1.165) is 17.0 Å². The van der Waals surface area contributed by atoms with E-state index in [-0.39, 0.29) is 24.3 Å². The fraction of sp³-hybridized carbons (Fsp3) is 0.375. The monoisotopic (exact) mass is 442 g/mol. The molecule has 2 amide bonds. The number of halogens is 2. The first-order chi connectivity index (χ1) is 15.4. The molecule has 2 aliphatic rings. The van der Waals surface area contributed by atoms with Crippen molar-refractivity contribution < 1.29 is 27.9 Å². The Balaban J connectivity index is 1.87. The smallest absolute Gasteiger partial charge is 0.327 e. The van der Waals surface area contributed by atoms with Crippen LogP contribution in [0.25, 0.3) is 0 Å². The molecule has 2 saturated heterocycles. The highest BCUT2D eigenvalue weighted by atomic mass is 19.1. The lowest BCUT2D eigenvalue weighted by Gasteiger charge is -2.32. The molecule has 4 rings (SSSR count). The highest BCUT2D eigenvalue weighted by Crippen LogP contribution is 2.52. The third-order valence-corrected chi connectivity index (χ3v) is 6.26. The van der Waals surface area contributed by atoms with Crippen molar-refractivity contribution in [2.45, 2.75) is 38.3 Å². The van der Waals surface area contributed by atoms with Crippen LogP contribution < -0.4 is 10.2 Å². The fourth-order valence-electron chi connectivity index (χ4n) is 5.02. The Hall–Kier alpha value is -3.13. The summed E-state index contributed by atoms with van der Waals surface area (Å²) < 4.78 is 33.5. The molecule has 1 N–H and O–H groups in total. The number of esters is 1. The van der Waals surface area contributed by atoms with E-state index >= 15 is 0 Å². The van der Waals surface area contributed by atoms with Crippen LogP contribution in [0.5, 0.6) is 0 Å². The largest absolute Gasteiger partial charge is 0.465 e. The molecule has 32 heavy (non-hydrogen) atoms. The summed E-state index contributed by atoms with van der Waals surface area (Å²) in [6.45, 7) is 3.61. The number of fused-ring (bicyclic) bond motifs is 1. The number of carbonyl (C=O) groups is 3. The molecule has 8 heteroatoms. The summed E-state index contributed by atoms with van der Waals surface area (Å²) in [6.07, 6.45) is 0.755. The summed E-state index contributed by atoms with van der Waals surface area (Å²) in [5, 5.41) is 3.15. The Labute approximate surface area is 184 Å². The van der Waals surface area contributed by atoms with Crippen molar-refractivity contribution in [3.05, 3.63) is 65.7 Å². The number of hydrogen-bond acceptors (Lipinski definition) is 5. The number of nitrogens with one attached hydrogen (secondary N) is 1. The third kappa shape index (κ3) is 3.30. The van der Waals surface area contributed by atoms with Crippen molar-refractivity contribution in [3.8, 4) is 0 Å². The van der Waals surface area contributed by atoms with Crippen LogP contribution in [0.15, 0.2) is 48.5 Å². The van der Waals surface area contributed by atoms with Crippen LogP contribution in [0.3, 0.4) is 0 Å². The lowest BCUT2D eigenvalue weighted by molar-refractivity contribution is -0.155. The van der Waals surface area contributed by atoms with Crippen molar-refractivity contribution in [3.63, 3.8) is 0 Å². The van der Waals surface area contributed by atoms with Gasteiger partial charge in [-0.05, 0) is 43.7 Å². The summed E-state index contributed by atoms with van der Waals surface area (Å²) in [6, 6.07) is 10.1. The average Bonchev–Trinajstić information content (AvgIpc) is 3.24. The predicted molar refractivity (Wildman–Crippen MR) is 112 cm³/mol. The molecule has 2 heterocycles. The summed E-state index contributed by atoms with van der Waals surface area (Å²) >= 11 is 0. The molecule has 0 unspecified atom stereocenters. The van der Waals surface area contributed by atoms with Gasteiger partial charge in [0.1, 0.15) is 17.2 Å². The maximum absolute atomic E-state index is 14.8. The number of nitrogens with zero attached hydrogens (tertiary/aromatic N) is 1. The van der Waals surface area contributed by atoms with Gasteiger partial charge >= 0.3 is 5.97 Å². The van der Waals surface area contributed by atoms with Gasteiger partial charge in [0.15, 0.2) is 0 Å². The van der Waals surface area contributed by atoms with Gasteiger partial charge in [-0.15, -0.1) is 0 Å². The van der Waals surface area contributed by atoms with E-state index in [9.17, 15) is 23.2 Å². The third-order valence-electron chi connectivity index (χ3n) is 6.26. The minimum absolute atomic E-state index is 0.0948. The highest BCUT2D eigenvalue weighted by Gasteiger charge is 2.68. The second-order valence-electron chi connectivity index (χ2n) is 8.08. The van der Waals surface area contributed by atoms with Crippen molar-refractivity contribution in [1.82, 2.24) is 5.32 Å². The van der Waals surface area contributed by atoms with Crippen molar-refractivity contribution >= 4 is 23.5 Å². The van der Waals surface area contributed by atoms with Crippen LogP contribution >= 0.6 is 0 Å². The van der Waals surface area contributed by atoms with Gasteiger partial charge in [-0.1, -0.05) is 31.5 Å². The van der Waals surface area contributed by atoms with Gasteiger partial charge in [-0.3, -0.25) is 19.7 Å². The highest BCUT2D eigenvalue weighted by molar-refractivity contribution is 6.24. The zero-order valence-corrected chi connectivity index (χ0v) is 17.8. The molecule has 0 spiro atoms. The fourth-order valence-corrected chi connectivity index (χ4v) is 5.02. The first kappa shape index (κ1) is 22.1. The predicted octanol–water partition coefficient (Wildman–Crippen LogP) is 3.52. The van der Waals surface area contributed by atoms with E-state index in [1.165, 1.54) is 30.3 Å². The Morgan fingerprint density at radius 1 is 1.06 bits per heavy atom. The number of carbonyl (C=O) groups excluding carboxylic acids is 3. The molecule has 0 bridgehead atoms. The van der Waals surface area contributed by atoms with E-state index in [2.05, 4.69) is 5.32 Å². The molecule has 2 aromatic carbocycles. The second kappa shape index (κ2) is 8.43. The molecule has 0 aliphatic carbocycles. The number of ether oxygens (including phenoxy) is 1. The summed E-state index contributed by atoms with van der Waals surface area (Å²) in [5.74, 6) is -4.93. The second-order valence-corrected chi connectivity index (χ2v) is 8.08. The van der Waals surface area contributed by atoms with Gasteiger partial charge in [0.2, 0.25) is 11.8 Å². The van der Waals surface area contributed by atoms with Gasteiger partial charge < -0.3 is 4.74 Å². The van der Waals surface area contributed by atoms with E-state index < -0.39 is 52.8 Å². The van der Waals surface area contributed by atoms with Gasteiger partial charge in [0, 0.05) is 11.6 Å². The SMILES string of the molecule is CCC[C@]1(C(=O)OCC)N[C@H](c2ccccc2F)[C@@H]2C(=O)N(c3ccc(F)cc3)C(=O)[C@H]21. The number of rotatable bonds is 6. The minimum atomic E-state index is -1.48. The van der Waals surface area contributed by atoms with Crippen LogP contribution in [-0.2, 0) is 19.1 Å². The molecule has 168 valence electrons. The summed E-state index contributed by atoms with van der Waals surface area (Å²) in [7, 11) is 0. The number of anilines is 1. The maximum Gasteiger partial charge on any atom is 0.327 e. The van der Waals surface area contributed by atoms with Gasteiger partial charge in [-0.25, -0.2) is 13.7 Å². The van der Waals surface area contributed by atoms with E-state index in [1.807, 2.05) is 6.92 Å². The van der Waals surface area contributed by atoms with E-state index in [0.29, 0.717) is 6.42 Å². The molecular weight excluding hydrogens is 418 g/mol. The molecule has 0 saturated carbocycles. The maximum atomic E-state index is 14.8. The molecule has 2 fully saturated rings. The zero-order chi connectivity index (χ0) is 23.0. The van der Waals surface area contributed by atoms with Crippen molar-refractivity contribution in [2.75, 3.05) is 11.5 Å². The molecule has 2 aliphatic heterocycles. The van der Waals surface area contributed by atoms with Crippen LogP contribution in [0.4, 0.5) is 14.5 Å². The first-order valence-electron chi connectivity index (χ1n) is 10.7. The molecule has 0 radical (unpaired) electrons. The van der Waals surface area contributed by atoms with E-state index in [1.54, 1.807) is 13.0 Å². The standard InChI is InChI=1S/C24H24F2N2O4/c1-3-13-24(23(31)32-4-2)19-18(20(27-24)16-7-5-6-8-17(16)26)21(29)28(22(19)30)15-11-9-14(25)10-12-15/h5-12,18-20,27H,3-4,13H2,1-2H3/t18-,19+,20-,24+/m1/s1. The summed E-state index contributed by atoms with van der Waals surface area (Å²) in [5.41, 5.74) is -1.08. The zero-order valence-electron chi connectivity index (χ0n) is 17.8. The lowest BCUT2D eigenvalue weighted by atomic mass is 9.77. The molecule has 0 aromatic heterocycles. The van der Waals surface area contributed by atoms with Crippen molar-refractivity contribution in [1.29, 1.82) is 0 Å². The van der Waals surface area contributed by atoms with Gasteiger partial charge in [0.05, 0.1) is 24.1 Å². The Morgan fingerprint density at radius 2 is 1.75 bits per heavy atom. The van der Waals surface area contributed by atoms with Gasteiger partial charge in [-0.2, -0.15) is 0 Å². The molecule has 4 atom stereocenters. The molecule has 2 aromatic rings. The molecular formula is C24H24F2N2O4. The Bertz CT molecular complexity index is 1060. The van der Waals surface area contributed by atoms with Crippen LogP contribution in [0.1, 0.15) is 38.3 Å². The van der Waals surface area contributed by atoms with Crippen LogP contribution in [0, 0.1) is 23.5 Å². The van der Waals surface area contributed by atoms with Crippen molar-refractivity contribution in [2.24, 2.45) is 11.8 Å². The number of benzene rings is 2. The molecule has 6 nitrogen and oxygen atoms in total. The Kier molecular flexibility index (Phi) is 5.81. The average molecular weight is 442 g/mol. The number of amides is 2. The topological polar surface area (TPSA) is 75.7 Å². The lowest BCUT2D eigenvalue weighted by Crippen LogP contribution is -2.56.